The molecule has 21 heavy (non-hydrogen) atoms. The Morgan fingerprint density at radius 1 is 1.00 bits per heavy atom. The highest BCUT2D eigenvalue weighted by molar-refractivity contribution is 5.99. The highest BCUT2D eigenvalue weighted by Crippen LogP contribution is 2.24. The van der Waals surface area contributed by atoms with E-state index >= 15 is 0 Å². The molecule has 1 aliphatic rings. The average Bonchev–Trinajstić information content (AvgIpc) is 2.53. The number of fused-ring (bicyclic) bond motifs is 1. The second-order valence-electron chi connectivity index (χ2n) is 5.66. The van der Waals surface area contributed by atoms with E-state index in [-0.39, 0.29) is 5.91 Å². The van der Waals surface area contributed by atoms with E-state index in [1.54, 1.807) is 0 Å². The Balaban J connectivity index is 1.88. The van der Waals surface area contributed by atoms with Crippen LogP contribution >= 0.6 is 0 Å². The monoisotopic (exact) mass is 280 g/mol. The molecule has 0 saturated heterocycles. The number of carbonyl (C=O) groups is 1. The van der Waals surface area contributed by atoms with E-state index in [1.165, 1.54) is 11.1 Å². The van der Waals surface area contributed by atoms with E-state index in [0.717, 1.165) is 24.2 Å². The first kappa shape index (κ1) is 13.7. The lowest BCUT2D eigenvalue weighted by molar-refractivity contribution is 0.0735. The lowest BCUT2D eigenvalue weighted by Crippen LogP contribution is -2.36. The van der Waals surface area contributed by atoms with Gasteiger partial charge in [0.1, 0.15) is 0 Å². The third-order valence-electron chi connectivity index (χ3n) is 4.03. The number of hydrogen-bond donors (Lipinski definition) is 0. The number of benzene rings is 2. The minimum atomic E-state index is 0.119. The van der Waals surface area contributed by atoms with Gasteiger partial charge in [-0.15, -0.1) is 0 Å². The van der Waals surface area contributed by atoms with Gasteiger partial charge in [0.15, 0.2) is 0 Å². The van der Waals surface area contributed by atoms with Crippen molar-refractivity contribution in [2.24, 2.45) is 0 Å². The van der Waals surface area contributed by atoms with E-state index in [9.17, 15) is 4.79 Å². The Morgan fingerprint density at radius 2 is 1.67 bits per heavy atom. The zero-order valence-corrected chi connectivity index (χ0v) is 12.5. The second-order valence-corrected chi connectivity index (χ2v) is 5.66. The maximum atomic E-state index is 12.8. The zero-order valence-electron chi connectivity index (χ0n) is 12.5. The highest BCUT2D eigenvalue weighted by atomic mass is 16.2. The minimum absolute atomic E-state index is 0.119. The summed E-state index contributed by atoms with van der Waals surface area (Å²) in [5.74, 6) is 0.119. The molecule has 0 fully saturated rings. The predicted octanol–water partition coefficient (Wildman–Crippen LogP) is 2.95. The van der Waals surface area contributed by atoms with Gasteiger partial charge in [-0.2, -0.15) is 0 Å². The Morgan fingerprint density at radius 3 is 2.43 bits per heavy atom. The van der Waals surface area contributed by atoms with Crippen molar-refractivity contribution < 1.29 is 4.79 Å². The molecule has 108 valence electrons. The van der Waals surface area contributed by atoms with Crippen LogP contribution in [-0.2, 0) is 13.0 Å². The number of para-hydroxylation sites is 1. The van der Waals surface area contributed by atoms with Crippen molar-refractivity contribution in [3.05, 3.63) is 65.2 Å². The summed E-state index contributed by atoms with van der Waals surface area (Å²) in [7, 11) is 3.94. The van der Waals surface area contributed by atoms with Gasteiger partial charge in [0, 0.05) is 32.9 Å². The predicted molar refractivity (Wildman–Crippen MR) is 85.7 cm³/mol. The van der Waals surface area contributed by atoms with E-state index in [0.29, 0.717) is 6.54 Å². The van der Waals surface area contributed by atoms with Crippen LogP contribution in [0.25, 0.3) is 0 Å². The third-order valence-corrected chi connectivity index (χ3v) is 4.03. The maximum absolute atomic E-state index is 12.8. The first-order valence-electron chi connectivity index (χ1n) is 7.29. The fourth-order valence-corrected chi connectivity index (χ4v) is 2.88. The van der Waals surface area contributed by atoms with Gasteiger partial charge in [0.2, 0.25) is 0 Å². The molecule has 1 heterocycles. The molecule has 0 aromatic heterocycles. The molecule has 0 spiro atoms. The molecule has 1 aliphatic heterocycles. The van der Waals surface area contributed by atoms with Crippen LogP contribution in [0, 0.1) is 0 Å². The number of anilines is 1. The van der Waals surface area contributed by atoms with Crippen LogP contribution in [0.2, 0.25) is 0 Å². The summed E-state index contributed by atoms with van der Waals surface area (Å²) in [5.41, 5.74) is 4.38. The van der Waals surface area contributed by atoms with E-state index in [2.05, 4.69) is 18.2 Å². The fourth-order valence-electron chi connectivity index (χ4n) is 2.88. The van der Waals surface area contributed by atoms with Gasteiger partial charge in [-0.05, 0) is 29.7 Å². The summed E-state index contributed by atoms with van der Waals surface area (Å²) in [5, 5.41) is 0. The van der Waals surface area contributed by atoms with Gasteiger partial charge >= 0.3 is 0 Å². The summed E-state index contributed by atoms with van der Waals surface area (Å²) in [6, 6.07) is 16.2. The number of carbonyl (C=O) groups excluding carboxylic acids is 1. The molecule has 0 N–H and O–H groups in total. The first-order valence-corrected chi connectivity index (χ1v) is 7.29. The molecule has 3 heteroatoms. The molecular formula is C18H20N2O. The van der Waals surface area contributed by atoms with Crippen molar-refractivity contribution in [3.63, 3.8) is 0 Å². The fraction of sp³-hybridized carbons (Fsp3) is 0.278. The molecule has 0 aliphatic carbocycles. The average molecular weight is 280 g/mol. The molecule has 0 atom stereocenters. The van der Waals surface area contributed by atoms with Gasteiger partial charge in [-0.1, -0.05) is 36.4 Å². The maximum Gasteiger partial charge on any atom is 0.256 e. The lowest BCUT2D eigenvalue weighted by Gasteiger charge is -2.30. The molecule has 0 bridgehead atoms. The molecule has 0 saturated carbocycles. The Labute approximate surface area is 125 Å². The molecular weight excluding hydrogens is 260 g/mol. The summed E-state index contributed by atoms with van der Waals surface area (Å²) in [6.45, 7) is 1.49. The number of hydrogen-bond acceptors (Lipinski definition) is 2. The minimum Gasteiger partial charge on any atom is -0.377 e. The van der Waals surface area contributed by atoms with Crippen molar-refractivity contribution in [3.8, 4) is 0 Å². The van der Waals surface area contributed by atoms with Crippen molar-refractivity contribution in [1.29, 1.82) is 0 Å². The van der Waals surface area contributed by atoms with Gasteiger partial charge < -0.3 is 9.80 Å². The zero-order chi connectivity index (χ0) is 14.8. The number of amides is 1. The van der Waals surface area contributed by atoms with Crippen LogP contribution < -0.4 is 4.90 Å². The van der Waals surface area contributed by atoms with Crippen molar-refractivity contribution in [1.82, 2.24) is 4.90 Å². The molecule has 0 radical (unpaired) electrons. The third kappa shape index (κ3) is 2.64. The summed E-state index contributed by atoms with van der Waals surface area (Å²) >= 11 is 0. The molecule has 3 nitrogen and oxygen atoms in total. The summed E-state index contributed by atoms with van der Waals surface area (Å²) in [6.07, 6.45) is 0.937. The van der Waals surface area contributed by atoms with Crippen LogP contribution in [0.3, 0.4) is 0 Å². The van der Waals surface area contributed by atoms with Crippen LogP contribution in [0.5, 0.6) is 0 Å². The topological polar surface area (TPSA) is 23.6 Å². The Hall–Kier alpha value is -2.29. The molecule has 3 rings (SSSR count). The Bertz CT molecular complexity index is 664. The van der Waals surface area contributed by atoms with Gasteiger partial charge in [0.05, 0.1) is 5.56 Å². The van der Waals surface area contributed by atoms with Gasteiger partial charge in [0.25, 0.3) is 5.91 Å². The van der Waals surface area contributed by atoms with Crippen LogP contribution in [0.15, 0.2) is 48.5 Å². The van der Waals surface area contributed by atoms with Crippen LogP contribution in [0.4, 0.5) is 5.69 Å². The number of nitrogens with zero attached hydrogens (tertiary/aromatic N) is 2. The smallest absolute Gasteiger partial charge is 0.256 e. The van der Waals surface area contributed by atoms with Gasteiger partial charge in [-0.3, -0.25) is 4.79 Å². The highest BCUT2D eigenvalue weighted by Gasteiger charge is 2.23. The SMILES string of the molecule is CN(C)c1ccccc1C(=O)N1CCc2ccccc2C1. The first-order chi connectivity index (χ1) is 10.2. The van der Waals surface area contributed by atoms with Crippen molar-refractivity contribution in [2.75, 3.05) is 25.5 Å². The largest absolute Gasteiger partial charge is 0.377 e. The Kier molecular flexibility index (Phi) is 3.65. The summed E-state index contributed by atoms with van der Waals surface area (Å²) < 4.78 is 0. The van der Waals surface area contributed by atoms with E-state index in [4.69, 9.17) is 0 Å². The van der Waals surface area contributed by atoms with Crippen LogP contribution in [-0.4, -0.2) is 31.4 Å². The normalized spacial score (nSPS) is 13.7. The van der Waals surface area contributed by atoms with E-state index in [1.807, 2.05) is 54.2 Å². The van der Waals surface area contributed by atoms with E-state index < -0.39 is 0 Å². The molecule has 1 amide bonds. The molecule has 0 unspecified atom stereocenters. The summed E-state index contributed by atoms with van der Waals surface area (Å²) in [4.78, 5) is 16.8. The van der Waals surface area contributed by atoms with Crippen molar-refractivity contribution in [2.45, 2.75) is 13.0 Å². The van der Waals surface area contributed by atoms with Gasteiger partial charge in [-0.25, -0.2) is 0 Å². The van der Waals surface area contributed by atoms with Crippen LogP contribution in [0.1, 0.15) is 21.5 Å². The lowest BCUT2D eigenvalue weighted by atomic mass is 9.99. The standard InChI is InChI=1S/C18H20N2O/c1-19(2)17-10-6-5-9-16(17)18(21)20-12-11-14-7-3-4-8-15(14)13-20/h3-10H,11-13H2,1-2H3. The number of rotatable bonds is 2. The molecule has 2 aromatic rings. The second kappa shape index (κ2) is 5.60. The van der Waals surface area contributed by atoms with Crippen molar-refractivity contribution >= 4 is 11.6 Å². The molecule has 2 aromatic carbocycles. The quantitative estimate of drug-likeness (QED) is 0.844.